The number of Topliss-reactive ketones (excluding diaryl/α,β-unsaturated/α-hetero) is 1. The Labute approximate surface area is 261 Å². The number of unbranched alkanes of at least 4 members (excludes halogenated alkanes) is 1. The van der Waals surface area contributed by atoms with Gasteiger partial charge in [0.2, 0.25) is 11.7 Å². The van der Waals surface area contributed by atoms with E-state index in [0.717, 1.165) is 32.1 Å². The highest BCUT2D eigenvalue weighted by atomic mass is 16.7. The van der Waals surface area contributed by atoms with Crippen LogP contribution in [0.4, 0.5) is 0 Å². The number of rotatable bonds is 14. The Kier molecular flexibility index (Phi) is 9.71. The van der Waals surface area contributed by atoms with Crippen LogP contribution in [0.1, 0.15) is 107 Å². The van der Waals surface area contributed by atoms with E-state index in [1.165, 1.54) is 17.8 Å². The van der Waals surface area contributed by atoms with Crippen LogP contribution in [0, 0.1) is 29.1 Å². The highest BCUT2D eigenvalue weighted by Gasteiger charge is 2.68. The van der Waals surface area contributed by atoms with Crippen LogP contribution in [-0.4, -0.2) is 54.1 Å². The Bertz CT molecular complexity index is 1310. The lowest BCUT2D eigenvalue weighted by molar-refractivity contribution is -0.199. The summed E-state index contributed by atoms with van der Waals surface area (Å²) in [4.78, 5) is 40.0. The van der Waals surface area contributed by atoms with Crippen LogP contribution < -0.4 is 10.6 Å². The van der Waals surface area contributed by atoms with Crippen molar-refractivity contribution in [2.75, 3.05) is 6.54 Å². The molecule has 2 N–H and O–H groups in total. The number of carbonyl (C=O) groups is 3. The summed E-state index contributed by atoms with van der Waals surface area (Å²) in [5.74, 6) is -0.840. The molecule has 2 heterocycles. The van der Waals surface area contributed by atoms with Gasteiger partial charge in [-0.05, 0) is 67.8 Å². The van der Waals surface area contributed by atoms with Gasteiger partial charge in [0.1, 0.15) is 0 Å². The summed E-state index contributed by atoms with van der Waals surface area (Å²) in [5, 5.41) is 9.53. The van der Waals surface area contributed by atoms with E-state index in [2.05, 4.69) is 57.3 Å². The zero-order chi connectivity index (χ0) is 31.6. The van der Waals surface area contributed by atoms with Crippen molar-refractivity contribution in [1.82, 2.24) is 15.8 Å². The maximum atomic E-state index is 13.9. The molecule has 0 spiro atoms. The normalized spacial score (nSPS) is 26.4. The molecule has 1 saturated heterocycles. The first kappa shape index (κ1) is 32.4. The molecule has 1 aromatic carbocycles. The van der Waals surface area contributed by atoms with Crippen molar-refractivity contribution >= 4 is 24.7 Å². The molecule has 9 nitrogen and oxygen atoms in total. The molecule has 3 aliphatic carbocycles. The van der Waals surface area contributed by atoms with E-state index in [4.69, 9.17) is 13.8 Å². The molecule has 2 amide bonds. The van der Waals surface area contributed by atoms with Crippen LogP contribution in [0.3, 0.4) is 0 Å². The second-order valence-corrected chi connectivity index (χ2v) is 14.3. The minimum Gasteiger partial charge on any atom is -0.404 e. The van der Waals surface area contributed by atoms with Crippen LogP contribution in [-0.2, 0) is 20.5 Å². The van der Waals surface area contributed by atoms with Gasteiger partial charge in [0.25, 0.3) is 5.91 Å². The maximum Gasteiger partial charge on any atom is 0.481 e. The summed E-state index contributed by atoms with van der Waals surface area (Å²) in [7, 11) is -0.581. The van der Waals surface area contributed by atoms with Gasteiger partial charge in [-0.3, -0.25) is 14.4 Å². The first-order valence-electron chi connectivity index (χ1n) is 16.4. The fraction of sp³-hybridized carbons (Fsp3) is 0.647. The van der Waals surface area contributed by atoms with Crippen molar-refractivity contribution in [3.05, 3.63) is 53.4 Å². The number of aromatic nitrogens is 1. The molecular formula is C34H48BN3O6. The number of amides is 2. The van der Waals surface area contributed by atoms with E-state index in [9.17, 15) is 14.4 Å². The number of carbonyl (C=O) groups excluding carboxylic acids is 3. The highest BCUT2D eigenvalue weighted by molar-refractivity contribution is 6.47. The third-order valence-corrected chi connectivity index (χ3v) is 10.4. The van der Waals surface area contributed by atoms with Crippen molar-refractivity contribution < 1.29 is 28.2 Å². The van der Waals surface area contributed by atoms with Gasteiger partial charge in [-0.2, -0.15) is 0 Å². The number of aryl methyl sites for hydroxylation is 1. The summed E-state index contributed by atoms with van der Waals surface area (Å²) >= 11 is 0. The fourth-order valence-corrected chi connectivity index (χ4v) is 7.59. The molecule has 6 rings (SSSR count). The van der Waals surface area contributed by atoms with Crippen LogP contribution >= 0.6 is 0 Å². The van der Waals surface area contributed by atoms with Crippen molar-refractivity contribution in [2.24, 2.45) is 29.1 Å². The van der Waals surface area contributed by atoms with Gasteiger partial charge < -0.3 is 24.5 Å². The smallest absolute Gasteiger partial charge is 0.404 e. The lowest BCUT2D eigenvalue weighted by Gasteiger charge is -2.64. The van der Waals surface area contributed by atoms with E-state index in [1.54, 1.807) is 0 Å². The largest absolute Gasteiger partial charge is 0.481 e. The van der Waals surface area contributed by atoms with E-state index in [-0.39, 0.29) is 47.9 Å². The lowest BCUT2D eigenvalue weighted by Crippen LogP contribution is -2.65. The van der Waals surface area contributed by atoms with Crippen molar-refractivity contribution in [1.29, 1.82) is 0 Å². The number of nitrogens with one attached hydrogen (secondary N) is 2. The molecular weight excluding hydrogens is 557 g/mol. The van der Waals surface area contributed by atoms with Gasteiger partial charge in [-0.25, -0.2) is 0 Å². The van der Waals surface area contributed by atoms with E-state index >= 15 is 0 Å². The Morgan fingerprint density at radius 2 is 1.84 bits per heavy atom. The molecule has 238 valence electrons. The summed E-state index contributed by atoms with van der Waals surface area (Å²) in [6.07, 6.45) is 7.23. The standard InChI is InChI=1S/C34H48BN3O6/c1-7-8-9-22-10-12-23(13-11-22)26(39)17-24(20-36-32(41)27-14-15-37-43-27)31(40)38-30(16-21(2)3)35-42-29-19-25-18-28(33(25,4)5)34(29,6)44-35/h10-15,21,24-25,28-30H,7-9,16-20H2,1-6H3,(H,36,41)(H,38,40)/t24-,25+,28+,29+,30-,34-/m0/s1. The van der Waals surface area contributed by atoms with Crippen LogP contribution in [0.2, 0.25) is 0 Å². The van der Waals surface area contributed by atoms with Gasteiger partial charge >= 0.3 is 7.12 Å². The molecule has 4 aliphatic rings. The molecule has 6 atom stereocenters. The number of benzene rings is 1. The van der Waals surface area contributed by atoms with Crippen molar-refractivity contribution in [2.45, 2.75) is 104 Å². The monoisotopic (exact) mass is 605 g/mol. The summed E-state index contributed by atoms with van der Waals surface area (Å²) in [5.41, 5.74) is 1.54. The van der Waals surface area contributed by atoms with Crippen LogP contribution in [0.15, 0.2) is 41.1 Å². The summed E-state index contributed by atoms with van der Waals surface area (Å²) in [6, 6.07) is 9.05. The zero-order valence-electron chi connectivity index (χ0n) is 27.1. The van der Waals surface area contributed by atoms with Gasteiger partial charge in [0.05, 0.1) is 29.8 Å². The summed E-state index contributed by atoms with van der Waals surface area (Å²) < 4.78 is 18.2. The molecule has 10 heteroatoms. The maximum absolute atomic E-state index is 13.9. The highest BCUT2D eigenvalue weighted by Crippen LogP contribution is 2.65. The average molecular weight is 606 g/mol. The van der Waals surface area contributed by atoms with E-state index in [0.29, 0.717) is 23.8 Å². The number of hydrogen-bond acceptors (Lipinski definition) is 7. The van der Waals surface area contributed by atoms with Crippen LogP contribution in [0.25, 0.3) is 0 Å². The molecule has 44 heavy (non-hydrogen) atoms. The van der Waals surface area contributed by atoms with Crippen molar-refractivity contribution in [3.63, 3.8) is 0 Å². The Balaban J connectivity index is 1.30. The van der Waals surface area contributed by atoms with Gasteiger partial charge in [0.15, 0.2) is 5.78 Å². The molecule has 3 saturated carbocycles. The first-order chi connectivity index (χ1) is 20.9. The number of nitrogens with zero attached hydrogens (tertiary/aromatic N) is 1. The topological polar surface area (TPSA) is 120 Å². The lowest BCUT2D eigenvalue weighted by atomic mass is 9.43. The number of ketones is 1. The molecule has 1 aliphatic heterocycles. The van der Waals surface area contributed by atoms with Gasteiger partial charge in [-0.15, -0.1) is 0 Å². The predicted octanol–water partition coefficient (Wildman–Crippen LogP) is 5.43. The quantitative estimate of drug-likeness (QED) is 0.218. The third kappa shape index (κ3) is 6.66. The first-order valence-corrected chi connectivity index (χ1v) is 16.4. The Morgan fingerprint density at radius 1 is 1.09 bits per heavy atom. The number of hydrogen-bond donors (Lipinski definition) is 2. The Morgan fingerprint density at radius 3 is 2.48 bits per heavy atom. The second kappa shape index (κ2) is 13.2. The average Bonchev–Trinajstić information content (AvgIpc) is 3.65. The molecule has 0 radical (unpaired) electrons. The molecule has 2 aromatic rings. The Hall–Kier alpha value is -2.98. The van der Waals surface area contributed by atoms with Gasteiger partial charge in [0, 0.05) is 24.6 Å². The zero-order valence-corrected chi connectivity index (χ0v) is 27.1. The van der Waals surface area contributed by atoms with Gasteiger partial charge in [-0.1, -0.05) is 70.5 Å². The molecule has 1 aromatic heterocycles. The van der Waals surface area contributed by atoms with E-state index < -0.39 is 30.5 Å². The molecule has 2 bridgehead atoms. The van der Waals surface area contributed by atoms with Crippen molar-refractivity contribution in [3.8, 4) is 0 Å². The third-order valence-electron chi connectivity index (χ3n) is 10.4. The molecule has 0 unspecified atom stereocenters. The summed E-state index contributed by atoms with van der Waals surface area (Å²) in [6.45, 7) is 13.1. The minimum absolute atomic E-state index is 0.00490. The van der Waals surface area contributed by atoms with E-state index in [1.807, 2.05) is 24.3 Å². The van der Waals surface area contributed by atoms with Crippen LogP contribution in [0.5, 0.6) is 0 Å². The second-order valence-electron chi connectivity index (χ2n) is 14.3. The minimum atomic E-state index is -0.810. The fourth-order valence-electron chi connectivity index (χ4n) is 7.59. The SMILES string of the molecule is CCCCc1ccc(C(=O)C[C@@H](CNC(=O)c2ccno2)C(=O)N[C@@H](CC(C)C)B2O[C@@H]3C[C@H]4C[C@H](C4(C)C)[C@]3(C)O2)cc1. The molecule has 4 fully saturated rings. The predicted molar refractivity (Wildman–Crippen MR) is 168 cm³/mol.